The van der Waals surface area contributed by atoms with Crippen molar-refractivity contribution in [3.05, 3.63) is 53.7 Å². The van der Waals surface area contributed by atoms with Crippen molar-refractivity contribution in [2.45, 2.75) is 25.8 Å². The number of H-pyrrole nitrogens is 2. The zero-order valence-electron chi connectivity index (χ0n) is 12.2. The van der Waals surface area contributed by atoms with Crippen LogP contribution in [0.5, 0.6) is 0 Å². The maximum Gasteiger partial charge on any atom is 0.223 e. The topological polar surface area (TPSA) is 73.6 Å². The summed E-state index contributed by atoms with van der Waals surface area (Å²) in [6.45, 7) is 0.565. The molecule has 1 amide bonds. The SMILES string of the molecule is O=C(NCc1c[nH]c2ccccc12)[C@@H]1CCc2nc[nH]c2C1. The van der Waals surface area contributed by atoms with Gasteiger partial charge in [-0.1, -0.05) is 18.2 Å². The average molecular weight is 294 g/mol. The Hall–Kier alpha value is -2.56. The van der Waals surface area contributed by atoms with Crippen molar-refractivity contribution in [1.82, 2.24) is 20.3 Å². The molecule has 2 aromatic heterocycles. The minimum Gasteiger partial charge on any atom is -0.361 e. The van der Waals surface area contributed by atoms with Crippen molar-refractivity contribution in [3.63, 3.8) is 0 Å². The summed E-state index contributed by atoms with van der Waals surface area (Å²) in [7, 11) is 0. The summed E-state index contributed by atoms with van der Waals surface area (Å²) in [5.41, 5.74) is 4.45. The molecule has 0 saturated carbocycles. The summed E-state index contributed by atoms with van der Waals surface area (Å²) < 4.78 is 0. The summed E-state index contributed by atoms with van der Waals surface area (Å²) in [6.07, 6.45) is 6.20. The number of aromatic nitrogens is 3. The highest BCUT2D eigenvalue weighted by atomic mass is 16.1. The summed E-state index contributed by atoms with van der Waals surface area (Å²) in [5, 5.41) is 4.25. The van der Waals surface area contributed by atoms with Crippen molar-refractivity contribution in [2.24, 2.45) is 5.92 Å². The lowest BCUT2D eigenvalue weighted by molar-refractivity contribution is -0.125. The third-order valence-electron chi connectivity index (χ3n) is 4.49. The Morgan fingerprint density at radius 2 is 2.23 bits per heavy atom. The fourth-order valence-corrected chi connectivity index (χ4v) is 3.23. The fraction of sp³-hybridized carbons (Fsp3) is 0.294. The smallest absolute Gasteiger partial charge is 0.223 e. The van der Waals surface area contributed by atoms with Gasteiger partial charge in [0.15, 0.2) is 0 Å². The molecular weight excluding hydrogens is 276 g/mol. The van der Waals surface area contributed by atoms with Gasteiger partial charge in [0, 0.05) is 41.7 Å². The predicted octanol–water partition coefficient (Wildman–Crippen LogP) is 2.31. The van der Waals surface area contributed by atoms with Crippen molar-refractivity contribution < 1.29 is 4.79 Å². The Morgan fingerprint density at radius 3 is 3.18 bits per heavy atom. The van der Waals surface area contributed by atoms with Gasteiger partial charge < -0.3 is 15.3 Å². The number of amides is 1. The first-order valence-corrected chi connectivity index (χ1v) is 7.65. The van der Waals surface area contributed by atoms with E-state index >= 15 is 0 Å². The van der Waals surface area contributed by atoms with Crippen LogP contribution in [0.4, 0.5) is 0 Å². The van der Waals surface area contributed by atoms with Gasteiger partial charge in [-0.2, -0.15) is 0 Å². The molecule has 3 N–H and O–H groups in total. The van der Waals surface area contributed by atoms with E-state index in [1.165, 1.54) is 5.39 Å². The highest BCUT2D eigenvalue weighted by molar-refractivity contribution is 5.84. The summed E-state index contributed by atoms with van der Waals surface area (Å²) in [4.78, 5) is 23.1. The van der Waals surface area contributed by atoms with E-state index in [1.54, 1.807) is 6.33 Å². The standard InChI is InChI=1S/C17H18N4O/c22-17(11-5-6-15-16(7-11)21-10-20-15)19-9-12-8-18-14-4-2-1-3-13(12)14/h1-4,8,10-11,18H,5-7,9H2,(H,19,22)(H,20,21)/t11-/m1/s1. The van der Waals surface area contributed by atoms with E-state index in [0.29, 0.717) is 6.54 Å². The van der Waals surface area contributed by atoms with Crippen molar-refractivity contribution in [3.8, 4) is 0 Å². The van der Waals surface area contributed by atoms with Gasteiger partial charge in [-0.05, 0) is 24.5 Å². The van der Waals surface area contributed by atoms with Crippen LogP contribution in [0.25, 0.3) is 10.9 Å². The molecule has 1 aliphatic rings. The Kier molecular flexibility index (Phi) is 3.18. The summed E-state index contributed by atoms with van der Waals surface area (Å²) >= 11 is 0. The number of nitrogens with zero attached hydrogens (tertiary/aromatic N) is 1. The van der Waals surface area contributed by atoms with E-state index in [1.807, 2.05) is 24.4 Å². The number of hydrogen-bond acceptors (Lipinski definition) is 2. The van der Waals surface area contributed by atoms with Crippen LogP contribution in [0.15, 0.2) is 36.8 Å². The quantitative estimate of drug-likeness (QED) is 0.693. The van der Waals surface area contributed by atoms with Crippen LogP contribution in [0.3, 0.4) is 0 Å². The predicted molar refractivity (Wildman–Crippen MR) is 84.2 cm³/mol. The van der Waals surface area contributed by atoms with Gasteiger partial charge in [0.25, 0.3) is 0 Å². The highest BCUT2D eigenvalue weighted by Crippen LogP contribution is 2.23. The Balaban J connectivity index is 1.43. The highest BCUT2D eigenvalue weighted by Gasteiger charge is 2.26. The molecular formula is C17H18N4O. The molecule has 3 aromatic rings. The van der Waals surface area contributed by atoms with Crippen LogP contribution in [0.1, 0.15) is 23.4 Å². The molecule has 0 unspecified atom stereocenters. The molecule has 1 atom stereocenters. The maximum atomic E-state index is 12.4. The summed E-state index contributed by atoms with van der Waals surface area (Å²) in [5.74, 6) is 0.170. The van der Waals surface area contributed by atoms with Gasteiger partial charge in [0.1, 0.15) is 0 Å². The van der Waals surface area contributed by atoms with Crippen molar-refractivity contribution >= 4 is 16.8 Å². The molecule has 2 heterocycles. The zero-order chi connectivity index (χ0) is 14.9. The second-order valence-corrected chi connectivity index (χ2v) is 5.84. The lowest BCUT2D eigenvalue weighted by atomic mass is 9.89. The summed E-state index contributed by atoms with van der Waals surface area (Å²) in [6, 6.07) is 8.14. The number of fused-ring (bicyclic) bond motifs is 2. The van der Waals surface area contributed by atoms with Gasteiger partial charge in [-0.15, -0.1) is 0 Å². The number of carbonyl (C=O) groups is 1. The number of aromatic amines is 2. The lowest BCUT2D eigenvalue weighted by Crippen LogP contribution is -2.33. The van der Waals surface area contributed by atoms with E-state index in [9.17, 15) is 4.79 Å². The zero-order valence-corrected chi connectivity index (χ0v) is 12.2. The van der Waals surface area contributed by atoms with Gasteiger partial charge in [0.05, 0.1) is 12.0 Å². The molecule has 0 fully saturated rings. The van der Waals surface area contributed by atoms with Crippen LogP contribution >= 0.6 is 0 Å². The number of rotatable bonds is 3. The second kappa shape index (κ2) is 5.33. The number of hydrogen-bond donors (Lipinski definition) is 3. The average Bonchev–Trinajstić information content (AvgIpc) is 3.18. The van der Waals surface area contributed by atoms with Gasteiger partial charge in [-0.3, -0.25) is 4.79 Å². The molecule has 5 heteroatoms. The van der Waals surface area contributed by atoms with E-state index < -0.39 is 0 Å². The molecule has 0 bridgehead atoms. The van der Waals surface area contributed by atoms with E-state index in [-0.39, 0.29) is 11.8 Å². The minimum atomic E-state index is 0.0400. The van der Waals surface area contributed by atoms with E-state index in [4.69, 9.17) is 0 Å². The lowest BCUT2D eigenvalue weighted by Gasteiger charge is -2.20. The number of carbonyl (C=O) groups excluding carboxylic acids is 1. The van der Waals surface area contributed by atoms with Crippen LogP contribution in [-0.4, -0.2) is 20.9 Å². The molecule has 0 aliphatic heterocycles. The van der Waals surface area contributed by atoms with Crippen molar-refractivity contribution in [2.75, 3.05) is 0 Å². The number of aryl methyl sites for hydroxylation is 1. The molecule has 1 aromatic carbocycles. The first kappa shape index (κ1) is 13.1. The van der Waals surface area contributed by atoms with Crippen LogP contribution in [-0.2, 0) is 24.2 Å². The largest absolute Gasteiger partial charge is 0.361 e. The monoisotopic (exact) mass is 294 g/mol. The Labute approximate surface area is 128 Å². The number of para-hydroxylation sites is 1. The first-order valence-electron chi connectivity index (χ1n) is 7.65. The van der Waals surface area contributed by atoms with Crippen LogP contribution in [0.2, 0.25) is 0 Å². The van der Waals surface area contributed by atoms with Crippen molar-refractivity contribution in [1.29, 1.82) is 0 Å². The molecule has 0 radical (unpaired) electrons. The van der Waals surface area contributed by atoms with Gasteiger partial charge in [-0.25, -0.2) is 4.98 Å². The molecule has 5 nitrogen and oxygen atoms in total. The Bertz CT molecular complexity index is 817. The second-order valence-electron chi connectivity index (χ2n) is 5.84. The third kappa shape index (κ3) is 2.28. The first-order chi connectivity index (χ1) is 10.8. The van der Waals surface area contributed by atoms with Crippen LogP contribution in [0, 0.1) is 5.92 Å². The Morgan fingerprint density at radius 1 is 1.32 bits per heavy atom. The minimum absolute atomic E-state index is 0.0400. The number of benzene rings is 1. The maximum absolute atomic E-state index is 12.4. The van der Waals surface area contributed by atoms with Crippen LogP contribution < -0.4 is 5.32 Å². The number of imidazole rings is 1. The molecule has 22 heavy (non-hydrogen) atoms. The third-order valence-corrected chi connectivity index (χ3v) is 4.49. The van der Waals surface area contributed by atoms with Gasteiger partial charge in [0.2, 0.25) is 5.91 Å². The van der Waals surface area contributed by atoms with E-state index in [2.05, 4.69) is 26.3 Å². The molecule has 1 aliphatic carbocycles. The fourth-order valence-electron chi connectivity index (χ4n) is 3.23. The molecule has 112 valence electrons. The molecule has 0 saturated heterocycles. The molecule has 4 rings (SSSR count). The number of nitrogens with one attached hydrogen (secondary N) is 3. The van der Waals surface area contributed by atoms with E-state index in [0.717, 1.165) is 41.7 Å². The normalized spacial score (nSPS) is 17.4. The molecule has 0 spiro atoms. The van der Waals surface area contributed by atoms with Gasteiger partial charge >= 0.3 is 0 Å².